The molecule has 70 valence electrons. The minimum atomic E-state index is -0.879. The first-order valence-corrected chi connectivity index (χ1v) is 4.12. The molecule has 0 fully saturated rings. The predicted molar refractivity (Wildman–Crippen MR) is 50.8 cm³/mol. The monoisotopic (exact) mass is 179 g/mol. The van der Waals surface area contributed by atoms with E-state index in [9.17, 15) is 4.79 Å². The molecule has 1 aromatic rings. The SMILES string of the molecule is CC(C)=CCn1ccc(C(=O)O)c1. The molecule has 0 saturated carbocycles. The van der Waals surface area contributed by atoms with Crippen LogP contribution in [0.15, 0.2) is 30.1 Å². The van der Waals surface area contributed by atoms with E-state index >= 15 is 0 Å². The molecule has 1 heterocycles. The lowest BCUT2D eigenvalue weighted by Crippen LogP contribution is -1.95. The van der Waals surface area contributed by atoms with Gasteiger partial charge in [0.15, 0.2) is 0 Å². The van der Waals surface area contributed by atoms with Gasteiger partial charge < -0.3 is 9.67 Å². The van der Waals surface area contributed by atoms with Crippen LogP contribution < -0.4 is 0 Å². The molecule has 0 amide bonds. The molecule has 0 atom stereocenters. The zero-order chi connectivity index (χ0) is 9.84. The van der Waals surface area contributed by atoms with Crippen molar-refractivity contribution in [2.45, 2.75) is 20.4 Å². The summed E-state index contributed by atoms with van der Waals surface area (Å²) in [5.41, 5.74) is 1.56. The fourth-order valence-electron chi connectivity index (χ4n) is 0.969. The van der Waals surface area contributed by atoms with Gasteiger partial charge in [0, 0.05) is 18.9 Å². The first-order chi connectivity index (χ1) is 6.09. The van der Waals surface area contributed by atoms with E-state index < -0.39 is 5.97 Å². The van der Waals surface area contributed by atoms with E-state index in [2.05, 4.69) is 0 Å². The zero-order valence-electron chi connectivity index (χ0n) is 7.82. The summed E-state index contributed by atoms with van der Waals surface area (Å²) in [4.78, 5) is 10.5. The van der Waals surface area contributed by atoms with E-state index in [1.807, 2.05) is 24.5 Å². The van der Waals surface area contributed by atoms with Crippen molar-refractivity contribution in [3.05, 3.63) is 35.7 Å². The van der Waals surface area contributed by atoms with Gasteiger partial charge in [0.1, 0.15) is 0 Å². The molecule has 0 aliphatic heterocycles. The molecule has 1 N–H and O–H groups in total. The van der Waals surface area contributed by atoms with Crippen molar-refractivity contribution >= 4 is 5.97 Å². The quantitative estimate of drug-likeness (QED) is 0.722. The maximum atomic E-state index is 10.5. The minimum Gasteiger partial charge on any atom is -0.478 e. The van der Waals surface area contributed by atoms with Gasteiger partial charge in [0.05, 0.1) is 5.56 Å². The van der Waals surface area contributed by atoms with E-state index in [1.165, 1.54) is 5.57 Å². The highest BCUT2D eigenvalue weighted by atomic mass is 16.4. The number of carbonyl (C=O) groups is 1. The second-order valence-corrected chi connectivity index (χ2v) is 3.18. The molecule has 0 bridgehead atoms. The van der Waals surface area contributed by atoms with Gasteiger partial charge in [-0.05, 0) is 19.9 Å². The largest absolute Gasteiger partial charge is 0.478 e. The van der Waals surface area contributed by atoms with Crippen molar-refractivity contribution in [1.29, 1.82) is 0 Å². The number of allylic oxidation sites excluding steroid dienone is 2. The van der Waals surface area contributed by atoms with E-state index in [0.29, 0.717) is 5.56 Å². The van der Waals surface area contributed by atoms with Crippen molar-refractivity contribution in [2.75, 3.05) is 0 Å². The summed E-state index contributed by atoms with van der Waals surface area (Å²) in [7, 11) is 0. The Labute approximate surface area is 77.3 Å². The summed E-state index contributed by atoms with van der Waals surface area (Å²) < 4.78 is 1.84. The van der Waals surface area contributed by atoms with Gasteiger partial charge in [-0.1, -0.05) is 11.6 Å². The second kappa shape index (κ2) is 3.94. The third-order valence-electron chi connectivity index (χ3n) is 1.71. The Morgan fingerprint density at radius 1 is 1.62 bits per heavy atom. The molecular formula is C10H13NO2. The van der Waals surface area contributed by atoms with Crippen LogP contribution >= 0.6 is 0 Å². The van der Waals surface area contributed by atoms with E-state index in [4.69, 9.17) is 5.11 Å². The summed E-state index contributed by atoms with van der Waals surface area (Å²) in [6.45, 7) is 4.76. The highest BCUT2D eigenvalue weighted by Gasteiger charge is 2.02. The topological polar surface area (TPSA) is 42.2 Å². The van der Waals surface area contributed by atoms with Crippen LogP contribution in [0.3, 0.4) is 0 Å². The molecule has 3 heteroatoms. The minimum absolute atomic E-state index is 0.335. The standard InChI is InChI=1S/C10H13NO2/c1-8(2)3-5-11-6-4-9(7-11)10(12)13/h3-4,6-7H,5H2,1-2H3,(H,12,13). The number of rotatable bonds is 3. The molecular weight excluding hydrogens is 166 g/mol. The third-order valence-corrected chi connectivity index (χ3v) is 1.71. The van der Waals surface area contributed by atoms with Gasteiger partial charge in [-0.15, -0.1) is 0 Å². The van der Waals surface area contributed by atoms with Gasteiger partial charge in [-0.25, -0.2) is 4.79 Å². The normalized spacial score (nSPS) is 9.69. The summed E-state index contributed by atoms with van der Waals surface area (Å²) in [6, 6.07) is 1.60. The summed E-state index contributed by atoms with van der Waals surface area (Å²) in [5, 5.41) is 8.65. The predicted octanol–water partition coefficient (Wildman–Crippen LogP) is 2.15. The number of carboxylic acids is 1. The highest BCUT2D eigenvalue weighted by molar-refractivity contribution is 5.87. The first kappa shape index (κ1) is 9.58. The van der Waals surface area contributed by atoms with E-state index in [1.54, 1.807) is 18.5 Å². The van der Waals surface area contributed by atoms with Gasteiger partial charge in [-0.2, -0.15) is 0 Å². The Morgan fingerprint density at radius 2 is 2.31 bits per heavy atom. The molecule has 1 aromatic heterocycles. The van der Waals surface area contributed by atoms with Crippen LogP contribution in [-0.2, 0) is 6.54 Å². The number of hydrogen-bond acceptors (Lipinski definition) is 1. The van der Waals surface area contributed by atoms with Crippen LogP contribution in [0.5, 0.6) is 0 Å². The lowest BCUT2D eigenvalue weighted by Gasteiger charge is -1.96. The Morgan fingerprint density at radius 3 is 2.77 bits per heavy atom. The fraction of sp³-hybridized carbons (Fsp3) is 0.300. The Kier molecular flexibility index (Phi) is 2.90. The van der Waals surface area contributed by atoms with Gasteiger partial charge >= 0.3 is 5.97 Å². The van der Waals surface area contributed by atoms with Gasteiger partial charge in [0.25, 0.3) is 0 Å². The van der Waals surface area contributed by atoms with Crippen LogP contribution in [0.25, 0.3) is 0 Å². The van der Waals surface area contributed by atoms with Crippen LogP contribution in [0.4, 0.5) is 0 Å². The highest BCUT2D eigenvalue weighted by Crippen LogP contribution is 2.02. The first-order valence-electron chi connectivity index (χ1n) is 4.12. The molecule has 3 nitrogen and oxygen atoms in total. The number of aromatic nitrogens is 1. The molecule has 0 radical (unpaired) electrons. The molecule has 0 aliphatic rings. The number of nitrogens with zero attached hydrogens (tertiary/aromatic N) is 1. The molecule has 0 aromatic carbocycles. The average molecular weight is 179 g/mol. The lowest BCUT2D eigenvalue weighted by atomic mass is 10.3. The molecule has 0 spiro atoms. The van der Waals surface area contributed by atoms with E-state index in [-0.39, 0.29) is 0 Å². The number of hydrogen-bond donors (Lipinski definition) is 1. The number of aromatic carboxylic acids is 1. The van der Waals surface area contributed by atoms with Gasteiger partial charge in [-0.3, -0.25) is 0 Å². The Hall–Kier alpha value is -1.51. The van der Waals surface area contributed by atoms with Crippen LogP contribution in [-0.4, -0.2) is 15.6 Å². The second-order valence-electron chi connectivity index (χ2n) is 3.18. The van der Waals surface area contributed by atoms with Crippen molar-refractivity contribution in [2.24, 2.45) is 0 Å². The molecule has 13 heavy (non-hydrogen) atoms. The number of carboxylic acid groups (broad SMARTS) is 1. The van der Waals surface area contributed by atoms with Crippen molar-refractivity contribution < 1.29 is 9.90 Å². The summed E-state index contributed by atoms with van der Waals surface area (Å²) in [6.07, 6.45) is 5.44. The summed E-state index contributed by atoms with van der Waals surface area (Å²) in [5.74, 6) is -0.879. The summed E-state index contributed by atoms with van der Waals surface area (Å²) >= 11 is 0. The fourth-order valence-corrected chi connectivity index (χ4v) is 0.969. The smallest absolute Gasteiger partial charge is 0.337 e. The molecule has 0 aliphatic carbocycles. The maximum absolute atomic E-state index is 10.5. The maximum Gasteiger partial charge on any atom is 0.337 e. The Bertz CT molecular complexity index is 332. The van der Waals surface area contributed by atoms with Crippen molar-refractivity contribution in [3.8, 4) is 0 Å². The Balaban J connectivity index is 2.70. The van der Waals surface area contributed by atoms with Crippen molar-refractivity contribution in [3.63, 3.8) is 0 Å². The molecule has 1 rings (SSSR count). The van der Waals surface area contributed by atoms with Crippen LogP contribution in [0.2, 0.25) is 0 Å². The lowest BCUT2D eigenvalue weighted by molar-refractivity contribution is 0.0697. The molecule has 0 saturated heterocycles. The third kappa shape index (κ3) is 2.78. The van der Waals surface area contributed by atoms with Crippen molar-refractivity contribution in [1.82, 2.24) is 4.57 Å². The zero-order valence-corrected chi connectivity index (χ0v) is 7.82. The van der Waals surface area contributed by atoms with Gasteiger partial charge in [0.2, 0.25) is 0 Å². The average Bonchev–Trinajstić information content (AvgIpc) is 2.48. The van der Waals surface area contributed by atoms with Crippen LogP contribution in [0, 0.1) is 0 Å². The molecule has 0 unspecified atom stereocenters. The van der Waals surface area contributed by atoms with E-state index in [0.717, 1.165) is 6.54 Å². The van der Waals surface area contributed by atoms with Crippen LogP contribution in [0.1, 0.15) is 24.2 Å².